The first-order valence-corrected chi connectivity index (χ1v) is 10.5. The number of aromatic nitrogens is 5. The molecule has 0 fully saturated rings. The molecule has 4 heterocycles. The second kappa shape index (κ2) is 9.00. The number of rotatable bonds is 5. The average molecular weight is 447 g/mol. The summed E-state index contributed by atoms with van der Waals surface area (Å²) in [6, 6.07) is 16.8. The molecule has 7 nitrogen and oxygen atoms in total. The van der Waals surface area contributed by atoms with Crippen LogP contribution in [0.25, 0.3) is 33.4 Å². The van der Waals surface area contributed by atoms with Gasteiger partial charge in [0.05, 0.1) is 16.8 Å². The number of nitrogens with zero attached hydrogens (tertiary/aromatic N) is 6. The third-order valence-electron chi connectivity index (χ3n) is 5.36. The Labute approximate surface area is 195 Å². The third-order valence-corrected chi connectivity index (χ3v) is 5.36. The number of hydrogen-bond donors (Lipinski definition) is 1. The lowest BCUT2D eigenvalue weighted by molar-refractivity contribution is 0.621. The molecule has 1 N–H and O–H groups in total. The molecule has 8 heteroatoms. The predicted octanol–water partition coefficient (Wildman–Crippen LogP) is 5.08. The van der Waals surface area contributed by atoms with Crippen LogP contribution in [-0.2, 0) is 6.54 Å². The highest BCUT2D eigenvalue weighted by molar-refractivity contribution is 5.84. The summed E-state index contributed by atoms with van der Waals surface area (Å²) in [5, 5.41) is 13.5. The van der Waals surface area contributed by atoms with E-state index in [-0.39, 0.29) is 18.1 Å². The Morgan fingerprint density at radius 2 is 1.79 bits per heavy atom. The zero-order valence-electron chi connectivity index (χ0n) is 18.2. The van der Waals surface area contributed by atoms with E-state index in [2.05, 4.69) is 36.3 Å². The van der Waals surface area contributed by atoms with Crippen molar-refractivity contribution in [3.63, 3.8) is 0 Å². The Hall–Kier alpha value is -4.77. The number of hydrogen-bond acceptors (Lipinski definition) is 7. The molecule has 5 aromatic rings. The molecule has 0 aliphatic carbocycles. The summed E-state index contributed by atoms with van der Waals surface area (Å²) in [5.74, 6) is -0.480. The van der Waals surface area contributed by atoms with E-state index in [4.69, 9.17) is 0 Å². The lowest BCUT2D eigenvalue weighted by Crippen LogP contribution is -2.06. The maximum atomic E-state index is 15.3. The van der Waals surface area contributed by atoms with Crippen molar-refractivity contribution in [3.8, 4) is 28.6 Å². The molecule has 5 rings (SSSR count). The molecule has 34 heavy (non-hydrogen) atoms. The minimum absolute atomic E-state index is 0.0728. The standard InChI is InChI=1S/C26H18FN7/c1-16-9-20(6-8-29-16)24-21(12-28)10-17(13-31-24)14-32-26-23(27)25(33-15-34-26)19-4-5-22-18(11-19)3-2-7-30-22/h2-11,13,15H,14H2,1H3,(H,32,33,34). The molecular weight excluding hydrogens is 429 g/mol. The van der Waals surface area contributed by atoms with Gasteiger partial charge in [-0.05, 0) is 48.9 Å². The van der Waals surface area contributed by atoms with Crippen molar-refractivity contribution >= 4 is 16.7 Å². The molecule has 0 amide bonds. The van der Waals surface area contributed by atoms with Crippen molar-refractivity contribution in [1.82, 2.24) is 24.9 Å². The molecule has 0 saturated carbocycles. The smallest absolute Gasteiger partial charge is 0.191 e. The van der Waals surface area contributed by atoms with Crippen LogP contribution >= 0.6 is 0 Å². The van der Waals surface area contributed by atoms with Gasteiger partial charge in [0.2, 0.25) is 0 Å². The van der Waals surface area contributed by atoms with Gasteiger partial charge in [0.25, 0.3) is 0 Å². The van der Waals surface area contributed by atoms with Gasteiger partial charge < -0.3 is 5.32 Å². The van der Waals surface area contributed by atoms with Crippen molar-refractivity contribution in [2.75, 3.05) is 5.32 Å². The molecule has 4 aromatic heterocycles. The van der Waals surface area contributed by atoms with Gasteiger partial charge >= 0.3 is 0 Å². The number of aryl methyl sites for hydroxylation is 1. The Morgan fingerprint density at radius 3 is 2.65 bits per heavy atom. The fourth-order valence-electron chi connectivity index (χ4n) is 3.72. The van der Waals surface area contributed by atoms with Crippen LogP contribution in [0.2, 0.25) is 0 Å². The maximum absolute atomic E-state index is 15.3. The normalized spacial score (nSPS) is 10.7. The van der Waals surface area contributed by atoms with Crippen LogP contribution in [0.5, 0.6) is 0 Å². The van der Waals surface area contributed by atoms with Crippen LogP contribution in [0.1, 0.15) is 16.8 Å². The van der Waals surface area contributed by atoms with Crippen LogP contribution in [-0.4, -0.2) is 24.9 Å². The summed E-state index contributed by atoms with van der Waals surface area (Å²) in [6.45, 7) is 2.12. The molecule has 0 bridgehead atoms. The fraction of sp³-hybridized carbons (Fsp3) is 0.0769. The number of fused-ring (bicyclic) bond motifs is 1. The molecule has 0 unspecified atom stereocenters. The first-order valence-electron chi connectivity index (χ1n) is 10.5. The average Bonchev–Trinajstić information content (AvgIpc) is 2.87. The Kier molecular flexibility index (Phi) is 5.58. The van der Waals surface area contributed by atoms with E-state index >= 15 is 4.39 Å². The summed E-state index contributed by atoms with van der Waals surface area (Å²) in [5.41, 5.74) is 5.05. The quantitative estimate of drug-likeness (QED) is 0.401. The van der Waals surface area contributed by atoms with E-state index in [1.54, 1.807) is 30.7 Å². The van der Waals surface area contributed by atoms with E-state index in [9.17, 15) is 5.26 Å². The summed E-state index contributed by atoms with van der Waals surface area (Å²) < 4.78 is 15.3. The molecular formula is C26H18FN7. The van der Waals surface area contributed by atoms with Crippen LogP contribution in [0.3, 0.4) is 0 Å². The Bertz CT molecular complexity index is 1560. The third kappa shape index (κ3) is 4.14. The number of benzene rings is 1. The van der Waals surface area contributed by atoms with E-state index in [1.807, 2.05) is 43.3 Å². The maximum Gasteiger partial charge on any atom is 0.191 e. The van der Waals surface area contributed by atoms with Crippen molar-refractivity contribution in [2.24, 2.45) is 0 Å². The van der Waals surface area contributed by atoms with Gasteiger partial charge in [-0.15, -0.1) is 0 Å². The van der Waals surface area contributed by atoms with Crippen LogP contribution in [0, 0.1) is 24.1 Å². The van der Waals surface area contributed by atoms with Crippen molar-refractivity contribution in [3.05, 3.63) is 96.1 Å². The van der Waals surface area contributed by atoms with E-state index in [0.29, 0.717) is 16.8 Å². The molecule has 164 valence electrons. The second-order valence-electron chi connectivity index (χ2n) is 7.69. The van der Waals surface area contributed by atoms with E-state index in [1.165, 1.54) is 6.33 Å². The SMILES string of the molecule is Cc1cc(-c2ncc(CNc3ncnc(-c4ccc5ncccc5c4)c3F)cc2C#N)ccn1. The van der Waals surface area contributed by atoms with Crippen LogP contribution in [0.15, 0.2) is 73.4 Å². The highest BCUT2D eigenvalue weighted by atomic mass is 19.1. The molecule has 0 atom stereocenters. The van der Waals surface area contributed by atoms with Gasteiger partial charge in [-0.25, -0.2) is 14.4 Å². The van der Waals surface area contributed by atoms with Gasteiger partial charge in [-0.1, -0.05) is 12.1 Å². The van der Waals surface area contributed by atoms with Gasteiger partial charge in [-0.3, -0.25) is 15.0 Å². The second-order valence-corrected chi connectivity index (χ2v) is 7.69. The molecule has 0 spiro atoms. The van der Waals surface area contributed by atoms with Crippen molar-refractivity contribution < 1.29 is 4.39 Å². The minimum Gasteiger partial charge on any atom is -0.363 e. The number of pyridine rings is 3. The molecule has 1 aromatic carbocycles. The summed E-state index contributed by atoms with van der Waals surface area (Å²) in [4.78, 5) is 21.1. The Morgan fingerprint density at radius 1 is 0.912 bits per heavy atom. The lowest BCUT2D eigenvalue weighted by Gasteiger charge is -2.11. The fourth-order valence-corrected chi connectivity index (χ4v) is 3.72. The van der Waals surface area contributed by atoms with Gasteiger partial charge in [0.15, 0.2) is 11.6 Å². The number of nitrogens with one attached hydrogen (secondary N) is 1. The van der Waals surface area contributed by atoms with Crippen LogP contribution in [0.4, 0.5) is 10.2 Å². The predicted molar refractivity (Wildman–Crippen MR) is 127 cm³/mol. The van der Waals surface area contributed by atoms with Crippen LogP contribution < -0.4 is 5.32 Å². The first-order chi connectivity index (χ1) is 16.6. The molecule has 0 radical (unpaired) electrons. The largest absolute Gasteiger partial charge is 0.363 e. The number of halogens is 1. The molecule has 0 saturated heterocycles. The zero-order valence-corrected chi connectivity index (χ0v) is 18.2. The van der Waals surface area contributed by atoms with Gasteiger partial charge in [0.1, 0.15) is 18.1 Å². The number of anilines is 1. The minimum atomic E-state index is -0.553. The molecule has 0 aliphatic heterocycles. The first kappa shape index (κ1) is 21.1. The zero-order chi connectivity index (χ0) is 23.5. The highest BCUT2D eigenvalue weighted by Gasteiger charge is 2.14. The summed E-state index contributed by atoms with van der Waals surface area (Å²) >= 11 is 0. The monoisotopic (exact) mass is 447 g/mol. The van der Waals surface area contributed by atoms with E-state index < -0.39 is 5.82 Å². The summed E-state index contributed by atoms with van der Waals surface area (Å²) in [7, 11) is 0. The van der Waals surface area contributed by atoms with Gasteiger partial charge in [0, 0.05) is 47.3 Å². The molecule has 0 aliphatic rings. The van der Waals surface area contributed by atoms with E-state index in [0.717, 1.165) is 27.7 Å². The topological polar surface area (TPSA) is 100 Å². The summed E-state index contributed by atoms with van der Waals surface area (Å²) in [6.07, 6.45) is 6.38. The Balaban J connectivity index is 1.40. The highest BCUT2D eigenvalue weighted by Crippen LogP contribution is 2.27. The van der Waals surface area contributed by atoms with Crippen molar-refractivity contribution in [1.29, 1.82) is 5.26 Å². The van der Waals surface area contributed by atoms with Gasteiger partial charge in [-0.2, -0.15) is 5.26 Å². The van der Waals surface area contributed by atoms with Crippen molar-refractivity contribution in [2.45, 2.75) is 13.5 Å². The lowest BCUT2D eigenvalue weighted by atomic mass is 10.1. The number of nitriles is 1.